The van der Waals surface area contributed by atoms with E-state index in [4.69, 9.17) is 18.9 Å². The minimum Gasteiger partial charge on any atom is -0.379 e. The van der Waals surface area contributed by atoms with Gasteiger partial charge in [-0.3, -0.25) is 0 Å². The third kappa shape index (κ3) is 10.6. The summed E-state index contributed by atoms with van der Waals surface area (Å²) >= 11 is 0. The van der Waals surface area contributed by atoms with Gasteiger partial charge in [-0.1, -0.05) is 59.3 Å². The molecule has 0 bridgehead atoms. The van der Waals surface area contributed by atoms with Crippen LogP contribution >= 0.6 is 17.0 Å². The highest BCUT2D eigenvalue weighted by Gasteiger charge is 2.45. The molecule has 26 heavy (non-hydrogen) atoms. The van der Waals surface area contributed by atoms with Crippen LogP contribution in [0, 0.1) is 0 Å². The van der Waals surface area contributed by atoms with E-state index in [-0.39, 0.29) is 29.2 Å². The van der Waals surface area contributed by atoms with Gasteiger partial charge < -0.3 is 24.1 Å². The van der Waals surface area contributed by atoms with Crippen molar-refractivity contribution < 1.29 is 24.1 Å². The van der Waals surface area contributed by atoms with E-state index in [9.17, 15) is 5.11 Å². The molecule has 1 aliphatic heterocycles. The van der Waals surface area contributed by atoms with Crippen molar-refractivity contribution in [3.63, 3.8) is 0 Å². The van der Waals surface area contributed by atoms with Crippen molar-refractivity contribution in [3.8, 4) is 0 Å². The first kappa shape index (κ1) is 26.3. The van der Waals surface area contributed by atoms with Crippen LogP contribution in [-0.2, 0) is 18.9 Å². The van der Waals surface area contributed by atoms with Gasteiger partial charge in [0.25, 0.3) is 0 Å². The fourth-order valence-electron chi connectivity index (χ4n) is 3.02. The van der Waals surface area contributed by atoms with E-state index < -0.39 is 12.4 Å². The molecular formula is C20H41BrO5. The number of halogens is 1. The molecular weight excluding hydrogens is 400 g/mol. The Morgan fingerprint density at radius 1 is 0.731 bits per heavy atom. The summed E-state index contributed by atoms with van der Waals surface area (Å²) in [5.41, 5.74) is 0. The Kier molecular flexibility index (Phi) is 17.6. The standard InChI is InChI=1S/C20H40O5.BrH/c1-4-7-10-13-22-16-17-18(23-14-11-8-5-2)19(20(21)25-17)24-15-12-9-6-3;/h17-21H,4-16H2,1-3H3;1H/t17-,18-,19-,20-;/m1./s1. The van der Waals surface area contributed by atoms with Crippen molar-refractivity contribution in [1.29, 1.82) is 0 Å². The Hall–Kier alpha value is 0.280. The van der Waals surface area contributed by atoms with Crippen molar-refractivity contribution in [1.82, 2.24) is 0 Å². The van der Waals surface area contributed by atoms with E-state index in [1.807, 2.05) is 0 Å². The van der Waals surface area contributed by atoms with E-state index in [1.54, 1.807) is 0 Å². The number of rotatable bonds is 16. The van der Waals surface area contributed by atoms with Crippen LogP contribution in [0.4, 0.5) is 0 Å². The summed E-state index contributed by atoms with van der Waals surface area (Å²) in [5, 5.41) is 10.2. The molecule has 1 N–H and O–H groups in total. The largest absolute Gasteiger partial charge is 0.379 e. The second kappa shape index (κ2) is 17.4. The van der Waals surface area contributed by atoms with Gasteiger partial charge >= 0.3 is 0 Å². The Morgan fingerprint density at radius 2 is 1.23 bits per heavy atom. The Labute approximate surface area is 170 Å². The maximum Gasteiger partial charge on any atom is 0.184 e. The summed E-state index contributed by atoms with van der Waals surface area (Å²) in [6.07, 6.45) is 8.19. The number of unbranched alkanes of at least 4 members (excludes halogenated alkanes) is 6. The fraction of sp³-hybridized carbons (Fsp3) is 1.00. The van der Waals surface area contributed by atoms with Crippen molar-refractivity contribution in [3.05, 3.63) is 0 Å². The normalized spacial score (nSPS) is 25.4. The third-order valence-corrected chi connectivity index (χ3v) is 4.58. The number of hydrogen-bond donors (Lipinski definition) is 1. The Bertz CT molecular complexity index is 306. The molecule has 0 aromatic heterocycles. The summed E-state index contributed by atoms with van der Waals surface area (Å²) in [6.45, 7) is 9.02. The van der Waals surface area contributed by atoms with Crippen LogP contribution in [0.15, 0.2) is 0 Å². The third-order valence-electron chi connectivity index (χ3n) is 4.58. The highest BCUT2D eigenvalue weighted by atomic mass is 79.9. The van der Waals surface area contributed by atoms with Gasteiger partial charge in [0.15, 0.2) is 6.29 Å². The lowest BCUT2D eigenvalue weighted by Crippen LogP contribution is -2.39. The SMILES string of the molecule is Br.CCCCCOC[C@H]1O[C@@H](O)[C@H](OCCCCC)[C@@H]1OCCCCC. The number of aliphatic hydroxyl groups excluding tert-OH is 1. The zero-order chi connectivity index (χ0) is 18.3. The lowest BCUT2D eigenvalue weighted by Gasteiger charge is -2.24. The van der Waals surface area contributed by atoms with Gasteiger partial charge in [0.1, 0.15) is 18.3 Å². The van der Waals surface area contributed by atoms with Crippen LogP contribution in [0.25, 0.3) is 0 Å². The molecule has 0 amide bonds. The molecule has 0 radical (unpaired) electrons. The van der Waals surface area contributed by atoms with Gasteiger partial charge in [0.05, 0.1) is 6.61 Å². The molecule has 0 saturated carbocycles. The lowest BCUT2D eigenvalue weighted by molar-refractivity contribution is -0.150. The van der Waals surface area contributed by atoms with E-state index in [0.29, 0.717) is 19.8 Å². The van der Waals surface area contributed by atoms with Crippen molar-refractivity contribution in [2.24, 2.45) is 0 Å². The topological polar surface area (TPSA) is 57.2 Å². The second-order valence-electron chi connectivity index (χ2n) is 6.93. The molecule has 4 atom stereocenters. The smallest absolute Gasteiger partial charge is 0.184 e. The van der Waals surface area contributed by atoms with Gasteiger partial charge in [0.2, 0.25) is 0 Å². The Balaban J connectivity index is 0.00000625. The van der Waals surface area contributed by atoms with Gasteiger partial charge in [-0.2, -0.15) is 0 Å². The molecule has 158 valence electrons. The molecule has 0 spiro atoms. The van der Waals surface area contributed by atoms with Crippen LogP contribution in [0.1, 0.15) is 78.6 Å². The van der Waals surface area contributed by atoms with Crippen molar-refractivity contribution in [2.75, 3.05) is 26.4 Å². The quantitative estimate of drug-likeness (QED) is 0.354. The van der Waals surface area contributed by atoms with Gasteiger partial charge in [-0.25, -0.2) is 0 Å². The minimum atomic E-state index is -0.929. The van der Waals surface area contributed by atoms with Crippen LogP contribution < -0.4 is 0 Å². The molecule has 0 aromatic rings. The van der Waals surface area contributed by atoms with Crippen molar-refractivity contribution in [2.45, 2.75) is 103 Å². The first-order valence-electron chi connectivity index (χ1n) is 10.4. The minimum absolute atomic E-state index is 0. The molecule has 0 aromatic carbocycles. The Morgan fingerprint density at radius 3 is 1.77 bits per heavy atom. The summed E-state index contributed by atoms with van der Waals surface area (Å²) in [4.78, 5) is 0. The molecule has 5 nitrogen and oxygen atoms in total. The summed E-state index contributed by atoms with van der Waals surface area (Å²) in [5.74, 6) is 0. The predicted molar refractivity (Wildman–Crippen MR) is 110 cm³/mol. The maximum absolute atomic E-state index is 10.2. The predicted octanol–water partition coefficient (Wildman–Crippen LogP) is 4.64. The lowest BCUT2D eigenvalue weighted by atomic mass is 10.1. The molecule has 0 aliphatic carbocycles. The monoisotopic (exact) mass is 440 g/mol. The fourth-order valence-corrected chi connectivity index (χ4v) is 3.02. The average Bonchev–Trinajstić information content (AvgIpc) is 2.90. The van der Waals surface area contributed by atoms with Crippen LogP contribution in [0.2, 0.25) is 0 Å². The summed E-state index contributed by atoms with van der Waals surface area (Å²) in [7, 11) is 0. The first-order chi connectivity index (χ1) is 12.2. The average molecular weight is 441 g/mol. The van der Waals surface area contributed by atoms with Gasteiger partial charge in [0, 0.05) is 19.8 Å². The number of hydrogen-bond acceptors (Lipinski definition) is 5. The summed E-state index contributed by atoms with van der Waals surface area (Å²) < 4.78 is 23.4. The second-order valence-corrected chi connectivity index (χ2v) is 6.93. The van der Waals surface area contributed by atoms with Crippen molar-refractivity contribution >= 4 is 17.0 Å². The molecule has 1 aliphatic rings. The molecule has 6 heteroatoms. The van der Waals surface area contributed by atoms with E-state index in [0.717, 1.165) is 51.6 Å². The maximum atomic E-state index is 10.2. The highest BCUT2D eigenvalue weighted by Crippen LogP contribution is 2.26. The van der Waals surface area contributed by atoms with Crippen LogP contribution in [-0.4, -0.2) is 56.1 Å². The van der Waals surface area contributed by atoms with Crippen LogP contribution in [0.5, 0.6) is 0 Å². The van der Waals surface area contributed by atoms with Gasteiger partial charge in [-0.05, 0) is 19.3 Å². The molecule has 1 fully saturated rings. The first-order valence-corrected chi connectivity index (χ1v) is 10.4. The number of aliphatic hydroxyl groups is 1. The van der Waals surface area contributed by atoms with E-state index in [1.165, 1.54) is 12.8 Å². The molecule has 1 saturated heterocycles. The van der Waals surface area contributed by atoms with Crippen LogP contribution in [0.3, 0.4) is 0 Å². The summed E-state index contributed by atoms with van der Waals surface area (Å²) in [6, 6.07) is 0. The highest BCUT2D eigenvalue weighted by molar-refractivity contribution is 8.93. The molecule has 0 unspecified atom stereocenters. The number of ether oxygens (including phenoxy) is 4. The van der Waals surface area contributed by atoms with E-state index in [2.05, 4.69) is 20.8 Å². The van der Waals surface area contributed by atoms with Gasteiger partial charge in [-0.15, -0.1) is 17.0 Å². The van der Waals surface area contributed by atoms with E-state index >= 15 is 0 Å². The molecule has 1 rings (SSSR count). The molecule has 1 heterocycles. The zero-order valence-electron chi connectivity index (χ0n) is 17.0. The zero-order valence-corrected chi connectivity index (χ0v) is 18.7.